The van der Waals surface area contributed by atoms with Gasteiger partial charge in [-0.25, -0.2) is 0 Å². The summed E-state index contributed by atoms with van der Waals surface area (Å²) < 4.78 is 11.2. The lowest BCUT2D eigenvalue weighted by atomic mass is 10.1. The highest BCUT2D eigenvalue weighted by molar-refractivity contribution is 7.84. The van der Waals surface area contributed by atoms with Crippen LogP contribution in [0.2, 0.25) is 5.02 Å². The van der Waals surface area contributed by atoms with Gasteiger partial charge in [-0.3, -0.25) is 4.21 Å². The average Bonchev–Trinajstić information content (AvgIpc) is 2.26. The molecule has 2 atom stereocenters. The number of halogens is 1. The van der Waals surface area contributed by atoms with Crippen molar-refractivity contribution in [3.63, 3.8) is 0 Å². The third-order valence-corrected chi connectivity index (χ3v) is 4.15. The van der Waals surface area contributed by atoms with E-state index in [0.29, 0.717) is 22.1 Å². The number of hydrogen-bond acceptors (Lipinski definition) is 3. The molecule has 0 saturated heterocycles. The standard InChI is InChI=1S/C11H15ClN2OS2/c1-7(17(2)15)6-14-10-4-3-8(12)5-9(10)11(13)16/h3-5,7,14H,6H2,1-2H3,(H2,13,16). The summed E-state index contributed by atoms with van der Waals surface area (Å²) in [5.74, 6) is 0. The predicted molar refractivity (Wildman–Crippen MR) is 79.4 cm³/mol. The number of rotatable bonds is 5. The maximum Gasteiger partial charge on any atom is 0.106 e. The van der Waals surface area contributed by atoms with Crippen molar-refractivity contribution in [2.45, 2.75) is 12.2 Å². The average molecular weight is 291 g/mol. The molecule has 0 bridgehead atoms. The van der Waals surface area contributed by atoms with Crippen molar-refractivity contribution in [2.24, 2.45) is 5.73 Å². The van der Waals surface area contributed by atoms with E-state index >= 15 is 0 Å². The van der Waals surface area contributed by atoms with E-state index in [0.717, 1.165) is 5.69 Å². The van der Waals surface area contributed by atoms with Gasteiger partial charge >= 0.3 is 0 Å². The highest BCUT2D eigenvalue weighted by atomic mass is 35.5. The number of hydrogen-bond donors (Lipinski definition) is 2. The minimum absolute atomic E-state index is 0.0601. The second kappa shape index (κ2) is 6.33. The largest absolute Gasteiger partial charge is 0.389 e. The first kappa shape index (κ1) is 14.4. The normalized spacial score (nSPS) is 14.1. The Morgan fingerprint density at radius 1 is 1.65 bits per heavy atom. The van der Waals surface area contributed by atoms with E-state index in [1.165, 1.54) is 0 Å². The lowest BCUT2D eigenvalue weighted by Crippen LogP contribution is -2.22. The molecule has 3 N–H and O–H groups in total. The molecule has 0 saturated carbocycles. The van der Waals surface area contributed by atoms with Gasteiger partial charge in [-0.2, -0.15) is 0 Å². The van der Waals surface area contributed by atoms with E-state index < -0.39 is 10.8 Å². The Balaban J connectivity index is 2.84. The predicted octanol–water partition coefficient (Wildman–Crippen LogP) is 2.15. The fraction of sp³-hybridized carbons (Fsp3) is 0.364. The molecule has 1 aromatic rings. The van der Waals surface area contributed by atoms with Gasteiger partial charge in [0.2, 0.25) is 0 Å². The molecule has 17 heavy (non-hydrogen) atoms. The van der Waals surface area contributed by atoms with Crippen LogP contribution >= 0.6 is 23.8 Å². The Bertz CT molecular complexity index is 451. The zero-order chi connectivity index (χ0) is 13.0. The minimum Gasteiger partial charge on any atom is -0.389 e. The summed E-state index contributed by atoms with van der Waals surface area (Å²) in [6, 6.07) is 5.31. The van der Waals surface area contributed by atoms with Crippen molar-refractivity contribution in [2.75, 3.05) is 18.1 Å². The quantitative estimate of drug-likeness (QED) is 0.816. The van der Waals surface area contributed by atoms with E-state index in [1.54, 1.807) is 18.4 Å². The molecule has 0 aliphatic heterocycles. The van der Waals surface area contributed by atoms with Crippen molar-refractivity contribution >= 4 is 45.3 Å². The van der Waals surface area contributed by atoms with Crippen LogP contribution < -0.4 is 11.1 Å². The van der Waals surface area contributed by atoms with Gasteiger partial charge in [0, 0.05) is 45.1 Å². The Kier molecular flexibility index (Phi) is 5.36. The van der Waals surface area contributed by atoms with Crippen molar-refractivity contribution in [1.29, 1.82) is 0 Å². The molecular formula is C11H15ClN2OS2. The number of thiocarbonyl (C=S) groups is 1. The van der Waals surface area contributed by atoms with Gasteiger partial charge in [-0.05, 0) is 25.1 Å². The molecule has 94 valence electrons. The highest BCUT2D eigenvalue weighted by Crippen LogP contribution is 2.20. The van der Waals surface area contributed by atoms with Gasteiger partial charge in [0.1, 0.15) is 4.99 Å². The maximum atomic E-state index is 11.2. The van der Waals surface area contributed by atoms with E-state index in [1.807, 2.05) is 13.0 Å². The summed E-state index contributed by atoms with van der Waals surface area (Å²) in [6.07, 6.45) is 1.68. The van der Waals surface area contributed by atoms with Crippen LogP contribution in [0, 0.1) is 0 Å². The van der Waals surface area contributed by atoms with Crippen LogP contribution in [0.5, 0.6) is 0 Å². The zero-order valence-electron chi connectivity index (χ0n) is 9.70. The smallest absolute Gasteiger partial charge is 0.106 e. The zero-order valence-corrected chi connectivity index (χ0v) is 12.1. The second-order valence-corrected chi connectivity index (χ2v) is 6.42. The number of nitrogens with one attached hydrogen (secondary N) is 1. The molecule has 3 nitrogen and oxygen atoms in total. The molecule has 1 rings (SSSR count). The Labute approximate surface area is 114 Å². The van der Waals surface area contributed by atoms with Gasteiger partial charge in [0.05, 0.1) is 0 Å². The Morgan fingerprint density at radius 2 is 2.29 bits per heavy atom. The summed E-state index contributed by atoms with van der Waals surface area (Å²) in [5, 5.41) is 3.83. The number of benzene rings is 1. The summed E-state index contributed by atoms with van der Waals surface area (Å²) in [4.78, 5) is 0.292. The van der Waals surface area contributed by atoms with Crippen LogP contribution in [0.1, 0.15) is 12.5 Å². The van der Waals surface area contributed by atoms with E-state index in [2.05, 4.69) is 5.32 Å². The van der Waals surface area contributed by atoms with Crippen LogP contribution in [-0.2, 0) is 10.8 Å². The summed E-state index contributed by atoms with van der Waals surface area (Å²) in [6.45, 7) is 2.51. The minimum atomic E-state index is -0.858. The lowest BCUT2D eigenvalue weighted by molar-refractivity contribution is 0.679. The molecule has 0 heterocycles. The van der Waals surface area contributed by atoms with Crippen molar-refractivity contribution < 1.29 is 4.21 Å². The SMILES string of the molecule is CC(CNc1ccc(Cl)cc1C(N)=S)S(C)=O. The Morgan fingerprint density at radius 3 is 2.82 bits per heavy atom. The summed E-state index contributed by atoms with van der Waals surface area (Å²) in [5.41, 5.74) is 7.15. The third kappa shape index (κ3) is 4.26. The first-order valence-electron chi connectivity index (χ1n) is 5.07. The Hall–Kier alpha value is -0.650. The van der Waals surface area contributed by atoms with E-state index in [-0.39, 0.29) is 5.25 Å². The maximum absolute atomic E-state index is 11.2. The molecule has 0 radical (unpaired) electrons. The fourth-order valence-electron chi connectivity index (χ4n) is 1.25. The van der Waals surface area contributed by atoms with Gasteiger partial charge in [-0.15, -0.1) is 0 Å². The first-order valence-corrected chi connectivity index (χ1v) is 7.48. The van der Waals surface area contributed by atoms with Crippen molar-refractivity contribution in [1.82, 2.24) is 0 Å². The number of nitrogens with two attached hydrogens (primary N) is 1. The molecule has 1 aromatic carbocycles. The molecule has 6 heteroatoms. The molecule has 0 aromatic heterocycles. The summed E-state index contributed by atoms with van der Waals surface area (Å²) in [7, 11) is -0.858. The van der Waals surface area contributed by atoms with Crippen molar-refractivity contribution in [3.8, 4) is 0 Å². The molecule has 0 aliphatic rings. The van der Waals surface area contributed by atoms with Crippen molar-refractivity contribution in [3.05, 3.63) is 28.8 Å². The fourth-order valence-corrected chi connectivity index (χ4v) is 1.90. The molecule has 0 spiro atoms. The molecular weight excluding hydrogens is 276 g/mol. The van der Waals surface area contributed by atoms with Gasteiger partial charge in [0.15, 0.2) is 0 Å². The van der Waals surface area contributed by atoms with Gasteiger partial charge in [-0.1, -0.05) is 23.8 Å². The summed E-state index contributed by atoms with van der Waals surface area (Å²) >= 11 is 10.8. The third-order valence-electron chi connectivity index (χ3n) is 2.39. The monoisotopic (exact) mass is 290 g/mol. The topological polar surface area (TPSA) is 55.1 Å². The molecule has 2 unspecified atom stereocenters. The first-order chi connectivity index (χ1) is 7.91. The van der Waals surface area contributed by atoms with E-state index in [4.69, 9.17) is 29.6 Å². The van der Waals surface area contributed by atoms with Crippen LogP contribution in [0.3, 0.4) is 0 Å². The lowest BCUT2D eigenvalue weighted by Gasteiger charge is -2.14. The van der Waals surface area contributed by atoms with Crippen LogP contribution in [-0.4, -0.2) is 27.2 Å². The second-order valence-electron chi connectivity index (χ2n) is 3.74. The van der Waals surface area contributed by atoms with Crippen LogP contribution in [0.15, 0.2) is 18.2 Å². The van der Waals surface area contributed by atoms with E-state index in [9.17, 15) is 4.21 Å². The number of anilines is 1. The van der Waals surface area contributed by atoms with Gasteiger partial charge in [0.25, 0.3) is 0 Å². The van der Waals surface area contributed by atoms with Crippen LogP contribution in [0.4, 0.5) is 5.69 Å². The van der Waals surface area contributed by atoms with Crippen LogP contribution in [0.25, 0.3) is 0 Å². The molecule has 0 fully saturated rings. The highest BCUT2D eigenvalue weighted by Gasteiger charge is 2.09. The molecule has 0 aliphatic carbocycles. The molecule has 0 amide bonds. The van der Waals surface area contributed by atoms with Gasteiger partial charge < -0.3 is 11.1 Å².